The minimum absolute atomic E-state index is 1.05. The van der Waals surface area contributed by atoms with Gasteiger partial charge in [-0.25, -0.2) is 0 Å². The minimum atomic E-state index is -2.91. The molecule has 0 fully saturated rings. The molecule has 0 amide bonds. The fourth-order valence-electron chi connectivity index (χ4n) is 13.7. The van der Waals surface area contributed by atoms with E-state index in [9.17, 15) is 0 Å². The van der Waals surface area contributed by atoms with Gasteiger partial charge in [0.2, 0.25) is 0 Å². The van der Waals surface area contributed by atoms with Crippen LogP contribution in [-0.2, 0) is 0 Å². The van der Waals surface area contributed by atoms with Crippen molar-refractivity contribution in [1.29, 1.82) is 0 Å². The van der Waals surface area contributed by atoms with Crippen molar-refractivity contribution in [2.45, 2.75) is 0 Å². The summed E-state index contributed by atoms with van der Waals surface area (Å²) in [6, 6.07) is 132. The number of rotatable bonds is 13. The first kappa shape index (κ1) is 52.3. The average Bonchev–Trinajstić information content (AvgIpc) is 1.33. The summed E-state index contributed by atoms with van der Waals surface area (Å²) in [5, 5.41) is 10.2. The molecule has 0 atom stereocenters. The molecule has 0 aliphatic heterocycles. The van der Waals surface area contributed by atoms with Crippen LogP contribution < -0.4 is 25.6 Å². The molecule has 2 aromatic heterocycles. The van der Waals surface area contributed by atoms with E-state index in [4.69, 9.17) is 0 Å². The van der Waals surface area contributed by atoms with Gasteiger partial charge in [0.1, 0.15) is 0 Å². The van der Waals surface area contributed by atoms with E-state index in [2.05, 4.69) is 372 Å². The van der Waals surface area contributed by atoms with E-state index < -0.39 is 8.07 Å². The van der Waals surface area contributed by atoms with Crippen molar-refractivity contribution >= 4 is 89.5 Å². The van der Waals surface area contributed by atoms with Gasteiger partial charge in [-0.1, -0.05) is 249 Å². The third-order valence-corrected chi connectivity index (χ3v) is 22.6. The van der Waals surface area contributed by atoms with Crippen LogP contribution in [0.25, 0.3) is 99.5 Å². The summed E-state index contributed by atoms with van der Waals surface area (Å²) in [4.78, 5) is 2.45. The number of fused-ring (bicyclic) bond motifs is 6. The Morgan fingerprint density at radius 3 is 0.761 bits per heavy atom. The van der Waals surface area contributed by atoms with Crippen molar-refractivity contribution in [1.82, 2.24) is 9.13 Å². The summed E-state index contributed by atoms with van der Waals surface area (Å²) < 4.78 is 4.88. The molecule has 14 aromatic carbocycles. The molecule has 0 radical (unpaired) electrons. The van der Waals surface area contributed by atoms with Crippen molar-refractivity contribution in [2.75, 3.05) is 4.90 Å². The van der Waals surface area contributed by atoms with Gasteiger partial charge in [0.15, 0.2) is 8.07 Å². The molecule has 2 heterocycles. The van der Waals surface area contributed by atoms with Gasteiger partial charge < -0.3 is 14.0 Å². The molecule has 3 nitrogen and oxygen atoms in total. The Kier molecular flexibility index (Phi) is 13.2. The smallest absolute Gasteiger partial charge is 0.179 e. The van der Waals surface area contributed by atoms with Gasteiger partial charge in [-0.05, 0) is 174 Å². The molecule has 0 saturated heterocycles. The van der Waals surface area contributed by atoms with E-state index in [0.717, 1.165) is 50.5 Å². The van der Waals surface area contributed by atoms with E-state index in [1.165, 1.54) is 86.8 Å². The SMILES string of the molecule is c1ccc(-c2ccc3c(c2)c2cc(-c4ccccc4)ccc2n3-c2ccc(N(c3ccc(-n4c5ccc(-c6ccccc6)cc5c5cc(-c6ccccc6)ccc54)cc3)c3cccc([Si](c4ccccc4)(c4ccccc4)c4ccccc4)c3)cc2)cc1. The van der Waals surface area contributed by atoms with Gasteiger partial charge in [0.05, 0.1) is 22.1 Å². The molecule has 0 aliphatic rings. The number of anilines is 3. The highest BCUT2D eigenvalue weighted by molar-refractivity contribution is 7.20. The molecule has 4 heteroatoms. The van der Waals surface area contributed by atoms with Crippen LogP contribution in [0.3, 0.4) is 0 Å². The van der Waals surface area contributed by atoms with Crippen LogP contribution in [0, 0.1) is 0 Å². The topological polar surface area (TPSA) is 13.1 Å². The van der Waals surface area contributed by atoms with Crippen molar-refractivity contribution in [3.8, 4) is 55.9 Å². The molecular weight excluding hydrogens is 1080 g/mol. The maximum atomic E-state index is 2.48. The van der Waals surface area contributed by atoms with E-state index in [1.807, 2.05) is 0 Å². The molecule has 0 unspecified atom stereocenters. The lowest BCUT2D eigenvalue weighted by Gasteiger charge is -2.35. The summed E-state index contributed by atoms with van der Waals surface area (Å²) in [5.74, 6) is 0. The zero-order valence-corrected chi connectivity index (χ0v) is 49.4. The van der Waals surface area contributed by atoms with Crippen LogP contribution in [0.15, 0.2) is 358 Å². The number of hydrogen-bond acceptors (Lipinski definition) is 1. The summed E-state index contributed by atoms with van der Waals surface area (Å²) in [6.45, 7) is 0. The third kappa shape index (κ3) is 9.14. The van der Waals surface area contributed by atoms with Gasteiger partial charge in [-0.15, -0.1) is 0 Å². The average molecular weight is 1140 g/mol. The Morgan fingerprint density at radius 2 is 0.466 bits per heavy atom. The first-order valence-corrected chi connectivity index (χ1v) is 32.3. The molecule has 0 spiro atoms. The molecule has 0 aliphatic carbocycles. The molecule has 16 aromatic rings. The summed E-state index contributed by atoms with van der Waals surface area (Å²) in [6.07, 6.45) is 0. The number of aromatic nitrogens is 2. The molecule has 0 saturated carbocycles. The zero-order valence-electron chi connectivity index (χ0n) is 48.4. The highest BCUT2D eigenvalue weighted by Gasteiger charge is 2.41. The Labute approximate surface area is 514 Å². The fourth-order valence-corrected chi connectivity index (χ4v) is 18.5. The minimum Gasteiger partial charge on any atom is -0.311 e. The monoisotopic (exact) mass is 1140 g/mol. The summed E-state index contributed by atoms with van der Waals surface area (Å²) in [5.41, 5.74) is 19.6. The zero-order chi connectivity index (χ0) is 58.4. The van der Waals surface area contributed by atoms with E-state index in [-0.39, 0.29) is 0 Å². The second-order valence-electron chi connectivity index (χ2n) is 22.8. The van der Waals surface area contributed by atoms with Gasteiger partial charge in [0.25, 0.3) is 0 Å². The van der Waals surface area contributed by atoms with Gasteiger partial charge >= 0.3 is 0 Å². The highest BCUT2D eigenvalue weighted by Crippen LogP contribution is 2.42. The lowest BCUT2D eigenvalue weighted by atomic mass is 10.0. The molecular formula is C84H59N3Si. The van der Waals surface area contributed by atoms with Crippen LogP contribution in [0.1, 0.15) is 0 Å². The lowest BCUT2D eigenvalue weighted by molar-refractivity contribution is 1.17. The van der Waals surface area contributed by atoms with E-state index in [1.54, 1.807) is 0 Å². The summed E-state index contributed by atoms with van der Waals surface area (Å²) >= 11 is 0. The van der Waals surface area contributed by atoms with Crippen molar-refractivity contribution in [3.63, 3.8) is 0 Å². The van der Waals surface area contributed by atoms with Crippen molar-refractivity contribution < 1.29 is 0 Å². The van der Waals surface area contributed by atoms with Crippen LogP contribution in [-0.4, -0.2) is 17.2 Å². The van der Waals surface area contributed by atoms with Crippen molar-refractivity contribution in [2.24, 2.45) is 0 Å². The first-order chi connectivity index (χ1) is 43.6. The number of hydrogen-bond donors (Lipinski definition) is 0. The number of nitrogens with zero attached hydrogens (tertiary/aromatic N) is 3. The van der Waals surface area contributed by atoms with Crippen LogP contribution >= 0.6 is 0 Å². The third-order valence-electron chi connectivity index (χ3n) is 17.8. The highest BCUT2D eigenvalue weighted by atomic mass is 28.3. The second kappa shape index (κ2) is 22.3. The normalized spacial score (nSPS) is 11.6. The van der Waals surface area contributed by atoms with Crippen LogP contribution in [0.2, 0.25) is 0 Å². The maximum absolute atomic E-state index is 2.91. The van der Waals surface area contributed by atoms with Gasteiger partial charge in [0, 0.05) is 50.0 Å². The summed E-state index contributed by atoms with van der Waals surface area (Å²) in [7, 11) is -2.91. The van der Waals surface area contributed by atoms with Crippen molar-refractivity contribution in [3.05, 3.63) is 358 Å². The largest absolute Gasteiger partial charge is 0.311 e. The lowest BCUT2D eigenvalue weighted by Crippen LogP contribution is -2.74. The predicted molar refractivity (Wildman–Crippen MR) is 375 cm³/mol. The fraction of sp³-hybridized carbons (Fsp3) is 0. The Hall–Kier alpha value is -11.3. The Balaban J connectivity index is 0.873. The maximum Gasteiger partial charge on any atom is 0.179 e. The van der Waals surface area contributed by atoms with E-state index in [0.29, 0.717) is 0 Å². The standard InChI is InChI=1S/C84H59N3Si/c1-8-23-60(24-9-1)64-39-51-81-77(55-64)78-56-65(61-25-10-2-11-26-61)40-52-82(78)86(81)70-47-43-68(44-48-70)85(72-31-22-38-76(59-72)88(73-32-16-5-17-33-73,74-34-18-6-19-35-74)75-36-20-7-21-37-75)69-45-49-71(50-46-69)87-83-53-41-66(62-27-12-3-13-28-62)57-79(83)80-58-67(42-54-84(80)87)63-29-14-4-15-30-63/h1-59H. The van der Waals surface area contributed by atoms with Crippen LogP contribution in [0.5, 0.6) is 0 Å². The molecule has 414 valence electrons. The Bertz CT molecular complexity index is 4610. The van der Waals surface area contributed by atoms with E-state index >= 15 is 0 Å². The quantitative estimate of drug-likeness (QED) is 0.0828. The Morgan fingerprint density at radius 1 is 0.193 bits per heavy atom. The number of benzene rings is 14. The van der Waals surface area contributed by atoms with Crippen LogP contribution in [0.4, 0.5) is 17.1 Å². The predicted octanol–water partition coefficient (Wildman–Crippen LogP) is 19.4. The molecule has 88 heavy (non-hydrogen) atoms. The molecule has 16 rings (SSSR count). The van der Waals surface area contributed by atoms with Gasteiger partial charge in [-0.2, -0.15) is 0 Å². The molecule has 0 bridgehead atoms. The van der Waals surface area contributed by atoms with Gasteiger partial charge in [-0.3, -0.25) is 0 Å². The second-order valence-corrected chi connectivity index (χ2v) is 26.6. The first-order valence-electron chi connectivity index (χ1n) is 30.3. The molecule has 0 N–H and O–H groups in total.